The number of aryl methyl sites for hydroxylation is 5. The third kappa shape index (κ3) is 7.54. The second-order valence-corrected chi connectivity index (χ2v) is 4.58. The Morgan fingerprint density at radius 2 is 1.28 bits per heavy atom. The second-order valence-electron chi connectivity index (χ2n) is 4.58. The summed E-state index contributed by atoms with van der Waals surface area (Å²) in [5, 5.41) is 9.85. The number of rotatable bonds is 1. The predicted molar refractivity (Wildman–Crippen MR) is 76.2 cm³/mol. The fourth-order valence-corrected chi connectivity index (χ4v) is 1.30. The van der Waals surface area contributed by atoms with E-state index in [1.165, 1.54) is 6.92 Å². The van der Waals surface area contributed by atoms with Crippen LogP contribution < -0.4 is 0 Å². The van der Waals surface area contributed by atoms with Gasteiger partial charge >= 0.3 is 6.18 Å². The van der Waals surface area contributed by atoms with E-state index in [0.29, 0.717) is 17.6 Å². The molecule has 0 saturated carbocycles. The van der Waals surface area contributed by atoms with Gasteiger partial charge in [-0.3, -0.25) is 0 Å². The first-order chi connectivity index (χ1) is 11.6. The topological polar surface area (TPSA) is 117 Å². The maximum Gasteiger partial charge on any atom is 0.455 e. The number of aromatic nitrogens is 6. The van der Waals surface area contributed by atoms with Crippen molar-refractivity contribution in [1.29, 1.82) is 0 Å². The molecule has 0 bridgehead atoms. The lowest BCUT2D eigenvalue weighted by molar-refractivity contribution is -0.146. The van der Waals surface area contributed by atoms with Gasteiger partial charge in [0.15, 0.2) is 11.6 Å². The van der Waals surface area contributed by atoms with Crippen LogP contribution in [0.4, 0.5) is 13.2 Å². The maximum absolute atomic E-state index is 11.6. The monoisotopic (exact) mass is 362 g/mol. The zero-order valence-electron chi connectivity index (χ0n) is 14.2. The normalized spacial score (nSPS) is 10.6. The molecule has 3 rings (SSSR count). The standard InChI is InChI=1S/C5H8N2O.C4H3F3N2O.C4H6N2O/c1-3-5-6-4(2)8-7-5;1-2-8-3(9-10-2)4(5,6)7;1-3-5-4(2)7-6-3/h3H2,1-2H3;1H3;1-2H3. The van der Waals surface area contributed by atoms with E-state index in [9.17, 15) is 13.2 Å². The van der Waals surface area contributed by atoms with Crippen molar-refractivity contribution in [2.75, 3.05) is 0 Å². The molecular formula is C13H17F3N6O3. The molecule has 0 N–H and O–H groups in total. The molecule has 0 amide bonds. The SMILES string of the molecule is CCc1noc(C)n1.Cc1nc(C(F)(F)F)no1.Cc1noc(C)n1. The molecule has 3 aromatic heterocycles. The summed E-state index contributed by atoms with van der Waals surface area (Å²) in [5.74, 6) is 1.41. The fourth-order valence-electron chi connectivity index (χ4n) is 1.30. The minimum Gasteiger partial charge on any atom is -0.340 e. The van der Waals surface area contributed by atoms with Crippen molar-refractivity contribution in [3.05, 3.63) is 35.1 Å². The van der Waals surface area contributed by atoms with Gasteiger partial charge in [0.2, 0.25) is 17.7 Å². The van der Waals surface area contributed by atoms with E-state index in [4.69, 9.17) is 4.52 Å². The van der Waals surface area contributed by atoms with Crippen LogP contribution in [0.5, 0.6) is 0 Å². The quantitative estimate of drug-likeness (QED) is 0.643. The first-order valence-electron chi connectivity index (χ1n) is 7.05. The lowest BCUT2D eigenvalue weighted by Gasteiger charge is -1.95. The van der Waals surface area contributed by atoms with E-state index in [-0.39, 0.29) is 5.89 Å². The number of hydrogen-bond donors (Lipinski definition) is 0. The van der Waals surface area contributed by atoms with Crippen molar-refractivity contribution in [2.24, 2.45) is 0 Å². The van der Waals surface area contributed by atoms with Gasteiger partial charge in [-0.1, -0.05) is 22.4 Å². The van der Waals surface area contributed by atoms with Crippen LogP contribution in [0.2, 0.25) is 0 Å². The second kappa shape index (κ2) is 8.89. The van der Waals surface area contributed by atoms with Crippen molar-refractivity contribution in [3.63, 3.8) is 0 Å². The summed E-state index contributed by atoms with van der Waals surface area (Å²) in [4.78, 5) is 10.8. The van der Waals surface area contributed by atoms with Crippen molar-refractivity contribution < 1.29 is 26.7 Å². The Labute approximate surface area is 140 Å². The number of alkyl halides is 3. The Hall–Kier alpha value is -2.79. The van der Waals surface area contributed by atoms with Gasteiger partial charge in [-0.05, 0) is 6.92 Å². The summed E-state index contributed by atoms with van der Waals surface area (Å²) in [6.45, 7) is 8.62. The number of nitrogens with zero attached hydrogens (tertiary/aromatic N) is 6. The smallest absolute Gasteiger partial charge is 0.340 e. The minimum atomic E-state index is -4.50. The molecule has 25 heavy (non-hydrogen) atoms. The molecule has 3 aromatic rings. The molecule has 3 heterocycles. The summed E-state index contributed by atoms with van der Waals surface area (Å²) < 4.78 is 48.3. The minimum absolute atomic E-state index is 0.0904. The zero-order chi connectivity index (χ0) is 19.0. The van der Waals surface area contributed by atoms with Crippen LogP contribution in [0.15, 0.2) is 13.6 Å². The van der Waals surface area contributed by atoms with Crippen LogP contribution in [0.25, 0.3) is 0 Å². The van der Waals surface area contributed by atoms with Gasteiger partial charge in [0.1, 0.15) is 0 Å². The van der Waals surface area contributed by atoms with Crippen molar-refractivity contribution >= 4 is 0 Å². The van der Waals surface area contributed by atoms with Gasteiger partial charge in [-0.15, -0.1) is 0 Å². The molecule has 0 unspecified atom stereocenters. The molecule has 0 fully saturated rings. The molecule has 0 spiro atoms. The summed E-state index contributed by atoms with van der Waals surface area (Å²) >= 11 is 0. The van der Waals surface area contributed by atoms with E-state index >= 15 is 0 Å². The van der Waals surface area contributed by atoms with E-state index in [1.54, 1.807) is 20.8 Å². The lowest BCUT2D eigenvalue weighted by atomic mass is 10.5. The van der Waals surface area contributed by atoms with Crippen molar-refractivity contribution in [3.8, 4) is 0 Å². The summed E-state index contributed by atoms with van der Waals surface area (Å²) in [6.07, 6.45) is -3.66. The average molecular weight is 362 g/mol. The third-order valence-corrected chi connectivity index (χ3v) is 2.30. The zero-order valence-corrected chi connectivity index (χ0v) is 14.2. The largest absolute Gasteiger partial charge is 0.455 e. The van der Waals surface area contributed by atoms with Crippen LogP contribution in [-0.4, -0.2) is 30.4 Å². The summed E-state index contributed by atoms with van der Waals surface area (Å²) in [6, 6.07) is 0. The molecule has 0 aliphatic rings. The molecular weight excluding hydrogens is 345 g/mol. The summed E-state index contributed by atoms with van der Waals surface area (Å²) in [5.41, 5.74) is 0. The molecule has 0 aliphatic heterocycles. The van der Waals surface area contributed by atoms with Crippen LogP contribution in [-0.2, 0) is 12.6 Å². The molecule has 0 atom stereocenters. The van der Waals surface area contributed by atoms with Gasteiger partial charge in [0.25, 0.3) is 5.82 Å². The molecule has 0 aromatic carbocycles. The van der Waals surface area contributed by atoms with Gasteiger partial charge in [0, 0.05) is 27.2 Å². The molecule has 12 heteroatoms. The molecule has 9 nitrogen and oxygen atoms in total. The highest BCUT2D eigenvalue weighted by atomic mass is 19.4. The Morgan fingerprint density at radius 1 is 0.760 bits per heavy atom. The molecule has 0 radical (unpaired) electrons. The average Bonchev–Trinajstić information content (AvgIpc) is 3.22. The first kappa shape index (κ1) is 20.3. The van der Waals surface area contributed by atoms with E-state index < -0.39 is 12.0 Å². The highest BCUT2D eigenvalue weighted by Crippen LogP contribution is 2.25. The van der Waals surface area contributed by atoms with E-state index in [0.717, 1.165) is 12.2 Å². The van der Waals surface area contributed by atoms with Crippen molar-refractivity contribution in [1.82, 2.24) is 30.4 Å². The Morgan fingerprint density at radius 3 is 1.48 bits per heavy atom. The Balaban J connectivity index is 0.000000191. The molecule has 138 valence electrons. The Kier molecular flexibility index (Phi) is 7.21. The highest BCUT2D eigenvalue weighted by Gasteiger charge is 2.36. The van der Waals surface area contributed by atoms with E-state index in [1.807, 2.05) is 6.92 Å². The summed E-state index contributed by atoms with van der Waals surface area (Å²) in [7, 11) is 0. The molecule has 0 saturated heterocycles. The van der Waals surface area contributed by atoms with Gasteiger partial charge in [-0.25, -0.2) is 0 Å². The maximum atomic E-state index is 11.6. The van der Waals surface area contributed by atoms with Crippen LogP contribution in [0.1, 0.15) is 42.1 Å². The van der Waals surface area contributed by atoms with Gasteiger partial charge < -0.3 is 13.6 Å². The third-order valence-electron chi connectivity index (χ3n) is 2.30. The number of hydrogen-bond acceptors (Lipinski definition) is 9. The van der Waals surface area contributed by atoms with Crippen LogP contribution in [0, 0.1) is 27.7 Å². The van der Waals surface area contributed by atoms with Gasteiger partial charge in [0.05, 0.1) is 0 Å². The van der Waals surface area contributed by atoms with Crippen LogP contribution >= 0.6 is 0 Å². The van der Waals surface area contributed by atoms with Gasteiger partial charge in [-0.2, -0.15) is 28.1 Å². The Bertz CT molecular complexity index is 748. The van der Waals surface area contributed by atoms with Crippen LogP contribution in [0.3, 0.4) is 0 Å². The first-order valence-corrected chi connectivity index (χ1v) is 7.05. The number of halogens is 3. The van der Waals surface area contributed by atoms with E-state index in [2.05, 4.69) is 39.5 Å². The lowest BCUT2D eigenvalue weighted by Crippen LogP contribution is -2.06. The highest BCUT2D eigenvalue weighted by molar-refractivity contribution is 4.88. The molecule has 0 aliphatic carbocycles. The van der Waals surface area contributed by atoms with Crippen molar-refractivity contribution in [2.45, 2.75) is 47.2 Å². The fraction of sp³-hybridized carbons (Fsp3) is 0.538. The predicted octanol–water partition coefficient (Wildman–Crippen LogP) is 3.02.